The number of nitrogens with two attached hydrogens (primary N) is 1. The van der Waals surface area contributed by atoms with Crippen molar-refractivity contribution in [1.29, 1.82) is 0 Å². The summed E-state index contributed by atoms with van der Waals surface area (Å²) in [7, 11) is 5.04. The predicted molar refractivity (Wildman–Crippen MR) is 129 cm³/mol. The molecule has 1 saturated heterocycles. The Balaban J connectivity index is 1.75. The zero-order valence-electron chi connectivity index (χ0n) is 19.5. The maximum atomic E-state index is 12.9. The van der Waals surface area contributed by atoms with Crippen molar-refractivity contribution in [2.24, 2.45) is 5.16 Å². The third-order valence-corrected chi connectivity index (χ3v) is 6.95. The number of fused-ring (bicyclic) bond motifs is 1. The maximum Gasteiger partial charge on any atom is 0.352 e. The van der Waals surface area contributed by atoms with Crippen LogP contribution in [0.3, 0.4) is 0 Å². The predicted octanol–water partition coefficient (Wildman–Crippen LogP) is -0.569. The number of oxime groups is 1. The number of nitrogens with one attached hydrogen (secondary N) is 1. The van der Waals surface area contributed by atoms with E-state index in [0.717, 1.165) is 11.5 Å². The minimum Gasteiger partial charge on any atom is -0.477 e. The molecule has 0 aliphatic carbocycles. The lowest BCUT2D eigenvalue weighted by atomic mass is 10.0. The van der Waals surface area contributed by atoms with E-state index in [1.54, 1.807) is 12.2 Å². The fraction of sp³-hybridized carbons (Fsp3) is 0.450. The minimum atomic E-state index is -1.24. The zero-order valence-corrected chi connectivity index (χ0v) is 21.2. The van der Waals surface area contributed by atoms with Crippen molar-refractivity contribution in [3.63, 3.8) is 0 Å². The number of likely N-dealkylation sites (N-methyl/N-ethyl adjacent to an activating group) is 1. The number of β-lactam (4-membered cyclic amide) rings is 1. The summed E-state index contributed by atoms with van der Waals surface area (Å²) in [6.07, 6.45) is 3.47. The second kappa shape index (κ2) is 10.5. The average Bonchev–Trinajstić information content (AvgIpc) is 3.19. The number of allylic oxidation sites excluding steroid dienone is 1. The van der Waals surface area contributed by atoms with Crippen LogP contribution >= 0.6 is 23.3 Å². The molecular weight excluding hydrogens is 498 g/mol. The van der Waals surface area contributed by atoms with Crippen LogP contribution in [0.4, 0.5) is 5.13 Å². The van der Waals surface area contributed by atoms with E-state index in [1.165, 1.54) is 30.7 Å². The third kappa shape index (κ3) is 5.86. The van der Waals surface area contributed by atoms with Gasteiger partial charge in [-0.05, 0) is 11.6 Å². The van der Waals surface area contributed by atoms with E-state index in [1.807, 2.05) is 14.1 Å². The highest BCUT2D eigenvalue weighted by atomic mass is 32.2. The van der Waals surface area contributed by atoms with Gasteiger partial charge in [0.2, 0.25) is 11.5 Å². The molecule has 2 aliphatic rings. The first-order valence-electron chi connectivity index (χ1n) is 10.4. The first-order chi connectivity index (χ1) is 16.4. The van der Waals surface area contributed by atoms with Gasteiger partial charge in [0.1, 0.15) is 30.8 Å². The highest BCUT2D eigenvalue weighted by molar-refractivity contribution is 8.00. The highest BCUT2D eigenvalue weighted by Gasteiger charge is 2.54. The lowest BCUT2D eigenvalue weighted by Crippen LogP contribution is -2.71. The van der Waals surface area contributed by atoms with Crippen molar-refractivity contribution in [3.05, 3.63) is 29.2 Å². The molecule has 35 heavy (non-hydrogen) atoms. The number of thioether (sulfide) groups is 1. The van der Waals surface area contributed by atoms with E-state index < -0.39 is 29.2 Å². The Kier molecular flexibility index (Phi) is 7.92. The van der Waals surface area contributed by atoms with Crippen LogP contribution in [0.2, 0.25) is 0 Å². The highest BCUT2D eigenvalue weighted by Crippen LogP contribution is 2.40. The smallest absolute Gasteiger partial charge is 0.352 e. The Bertz CT molecular complexity index is 1140. The third-order valence-electron chi connectivity index (χ3n) is 5.11. The normalized spacial score (nSPS) is 20.5. The Hall–Kier alpha value is -3.30. The molecule has 0 saturated carbocycles. The Morgan fingerprint density at radius 2 is 2.11 bits per heavy atom. The van der Waals surface area contributed by atoms with Crippen molar-refractivity contribution < 1.29 is 33.6 Å². The van der Waals surface area contributed by atoms with Crippen molar-refractivity contribution in [1.82, 2.24) is 19.6 Å². The van der Waals surface area contributed by atoms with E-state index in [-0.39, 0.29) is 28.1 Å². The van der Waals surface area contributed by atoms with E-state index in [4.69, 9.17) is 10.6 Å². The molecule has 0 aromatic carbocycles. The largest absolute Gasteiger partial charge is 0.477 e. The van der Waals surface area contributed by atoms with Crippen LogP contribution in [0, 0.1) is 0 Å². The number of nitrogens with zero attached hydrogens (tertiary/aromatic N) is 5. The summed E-state index contributed by atoms with van der Waals surface area (Å²) in [5.74, 6) is -2.22. The molecule has 3 rings (SSSR count). The van der Waals surface area contributed by atoms with Crippen molar-refractivity contribution in [3.8, 4) is 0 Å². The molecule has 4 N–H and O–H groups in total. The number of anilines is 1. The molecule has 0 unspecified atom stereocenters. The molecule has 1 fully saturated rings. The fourth-order valence-electron chi connectivity index (χ4n) is 3.73. The van der Waals surface area contributed by atoms with Gasteiger partial charge in [0.05, 0.1) is 20.6 Å². The second-order valence-corrected chi connectivity index (χ2v) is 10.4. The standard InChI is InChI=1S/C20H25N7O6S2/c1-10(28)8-27(2,3)7-5-6-11-9-34-18-13(17(30)26(18)14(11)19(31)32)22-16(29)12(24-33-4)15-23-20(21)35-25-15/h5-6,13,18H,7-9H2,1-4H3,(H3-,21,22,23,25,29,31,32)/p+1/b6-5+,24-12-/t13-,18-/m1/s1. The number of quaternary nitrogens is 1. The van der Waals surface area contributed by atoms with Crippen LogP contribution in [0.25, 0.3) is 0 Å². The number of aliphatic carboxylic acids is 1. The Morgan fingerprint density at radius 1 is 1.40 bits per heavy atom. The molecule has 188 valence electrons. The SMILES string of the molecule is CO/N=C(\C(=O)N[C@@H]1C(=O)N2C(C(=O)O)=C(/C=C/C[N+](C)(C)CC(C)=O)CS[C@H]12)c1nsc(N)n1. The molecule has 1 aromatic heterocycles. The van der Waals surface area contributed by atoms with Gasteiger partial charge in [-0.25, -0.2) is 4.79 Å². The first-order valence-corrected chi connectivity index (χ1v) is 12.2. The monoisotopic (exact) mass is 524 g/mol. The molecule has 1 aromatic rings. The summed E-state index contributed by atoms with van der Waals surface area (Å²) in [4.78, 5) is 58.9. The number of rotatable bonds is 10. The Morgan fingerprint density at radius 3 is 2.69 bits per heavy atom. The quantitative estimate of drug-likeness (QED) is 0.155. The van der Waals surface area contributed by atoms with Gasteiger partial charge in [0, 0.05) is 24.2 Å². The van der Waals surface area contributed by atoms with Crippen LogP contribution in [-0.4, -0.2) is 105 Å². The van der Waals surface area contributed by atoms with Gasteiger partial charge < -0.3 is 25.5 Å². The van der Waals surface area contributed by atoms with E-state index >= 15 is 0 Å². The number of amides is 2. The topological polar surface area (TPSA) is 177 Å². The van der Waals surface area contributed by atoms with Crippen molar-refractivity contribution in [2.45, 2.75) is 18.3 Å². The van der Waals surface area contributed by atoms with Gasteiger partial charge in [-0.3, -0.25) is 19.3 Å². The van der Waals surface area contributed by atoms with Crippen molar-refractivity contribution >= 4 is 57.7 Å². The molecule has 2 atom stereocenters. The molecule has 0 spiro atoms. The summed E-state index contributed by atoms with van der Waals surface area (Å²) in [5, 5.41) is 15.5. The maximum absolute atomic E-state index is 12.9. The molecule has 0 bridgehead atoms. The molecule has 3 heterocycles. The zero-order chi connectivity index (χ0) is 25.9. The lowest BCUT2D eigenvalue weighted by Gasteiger charge is -2.49. The van der Waals surface area contributed by atoms with Gasteiger partial charge in [-0.2, -0.15) is 9.36 Å². The van der Waals surface area contributed by atoms with Gasteiger partial charge in [-0.15, -0.1) is 11.8 Å². The summed E-state index contributed by atoms with van der Waals surface area (Å²) >= 11 is 2.20. The fourth-order valence-corrected chi connectivity index (χ4v) is 5.49. The summed E-state index contributed by atoms with van der Waals surface area (Å²) in [5.41, 5.74) is 5.66. The van der Waals surface area contributed by atoms with Crippen LogP contribution in [-0.2, 0) is 24.0 Å². The number of aromatic nitrogens is 2. The molecular formula is C20H26N7O6S2+. The number of hydrogen-bond acceptors (Lipinski definition) is 11. The second-order valence-electron chi connectivity index (χ2n) is 8.50. The lowest BCUT2D eigenvalue weighted by molar-refractivity contribution is -0.876. The number of nitrogen functional groups attached to an aromatic ring is 1. The number of carbonyl (C=O) groups is 4. The van der Waals surface area contributed by atoms with E-state index in [0.29, 0.717) is 28.9 Å². The number of carboxylic acids is 1. The number of Topliss-reactive ketones (excluding diaryl/α,β-unsaturated/α-hetero) is 1. The number of carbonyl (C=O) groups excluding carboxylic acids is 3. The van der Waals surface area contributed by atoms with Crippen molar-refractivity contribution in [2.75, 3.05) is 45.8 Å². The summed E-state index contributed by atoms with van der Waals surface area (Å²) < 4.78 is 4.35. The average molecular weight is 525 g/mol. The molecule has 15 heteroatoms. The van der Waals surface area contributed by atoms with Gasteiger partial charge in [0.15, 0.2) is 10.9 Å². The number of hydrogen-bond donors (Lipinski definition) is 3. The molecule has 0 radical (unpaired) electrons. The van der Waals surface area contributed by atoms with Gasteiger partial charge in [-0.1, -0.05) is 11.2 Å². The molecule has 13 nitrogen and oxygen atoms in total. The van der Waals surface area contributed by atoms with Gasteiger partial charge in [0.25, 0.3) is 11.8 Å². The van der Waals surface area contributed by atoms with E-state index in [9.17, 15) is 24.3 Å². The summed E-state index contributed by atoms with van der Waals surface area (Å²) in [6, 6.07) is -0.961. The number of ketones is 1. The molecule has 2 aliphatic heterocycles. The van der Waals surface area contributed by atoms with Crippen LogP contribution in [0.5, 0.6) is 0 Å². The minimum absolute atomic E-state index is 0.0450. The van der Waals surface area contributed by atoms with Crippen LogP contribution in [0.15, 0.2) is 28.6 Å². The molecule has 2 amide bonds. The first kappa shape index (κ1) is 26.3. The van der Waals surface area contributed by atoms with Crippen LogP contribution < -0.4 is 11.1 Å². The summed E-state index contributed by atoms with van der Waals surface area (Å²) in [6.45, 7) is 2.37. The number of carboxylic acid groups (broad SMARTS) is 1. The van der Waals surface area contributed by atoms with Gasteiger partial charge >= 0.3 is 5.97 Å². The Labute approximate surface area is 209 Å². The van der Waals surface area contributed by atoms with E-state index in [2.05, 4.69) is 19.8 Å². The van der Waals surface area contributed by atoms with Crippen LogP contribution in [0.1, 0.15) is 12.7 Å².